The van der Waals surface area contributed by atoms with Crippen molar-refractivity contribution < 1.29 is 8.78 Å². The number of halogens is 2. The predicted molar refractivity (Wildman–Crippen MR) is 84.0 cm³/mol. The van der Waals surface area contributed by atoms with Gasteiger partial charge in [-0.15, -0.1) is 0 Å². The third-order valence-electron chi connectivity index (χ3n) is 4.97. The van der Waals surface area contributed by atoms with Crippen LogP contribution in [0.1, 0.15) is 11.5 Å². The van der Waals surface area contributed by atoms with E-state index in [-0.39, 0.29) is 11.3 Å². The predicted octanol–water partition coefficient (Wildman–Crippen LogP) is 2.40. The van der Waals surface area contributed by atoms with E-state index in [0.29, 0.717) is 24.7 Å². The molecule has 0 amide bonds. The van der Waals surface area contributed by atoms with Crippen LogP contribution in [0.25, 0.3) is 0 Å². The van der Waals surface area contributed by atoms with E-state index in [9.17, 15) is 24.6 Å². The first-order valence-corrected chi connectivity index (χ1v) is 7.66. The molecule has 0 aromatic heterocycles. The highest BCUT2D eigenvalue weighted by Crippen LogP contribution is 2.53. The summed E-state index contributed by atoms with van der Waals surface area (Å²) >= 11 is 0. The van der Waals surface area contributed by atoms with Crippen LogP contribution in [0.15, 0.2) is 29.8 Å². The van der Waals surface area contributed by atoms with E-state index in [1.165, 1.54) is 6.07 Å². The van der Waals surface area contributed by atoms with Gasteiger partial charge in [-0.25, -0.2) is 8.78 Å². The van der Waals surface area contributed by atoms with E-state index in [1.54, 1.807) is 6.08 Å². The second-order valence-electron chi connectivity index (χ2n) is 6.12. The maximum absolute atomic E-state index is 14.5. The van der Waals surface area contributed by atoms with Crippen molar-refractivity contribution in [2.75, 3.05) is 13.1 Å². The molecule has 3 atom stereocenters. The quantitative estimate of drug-likeness (QED) is 0.767. The minimum absolute atomic E-state index is 0.00485. The molecular formula is C18H13F2N5. The minimum Gasteiger partial charge on any atom is -0.313 e. The van der Waals surface area contributed by atoms with Crippen LogP contribution in [0, 0.1) is 68.3 Å². The lowest BCUT2D eigenvalue weighted by Gasteiger charge is -2.45. The Morgan fingerprint density at radius 2 is 1.92 bits per heavy atom. The SMILES string of the molecule is N#C[C@H]1C(=N)C(C#N)(C#N)[C@@H](c2ccc(F)cc2F)[C@@H]2CNCC=C12. The smallest absolute Gasteiger partial charge is 0.189 e. The number of nitrogens with zero attached hydrogens (tertiary/aromatic N) is 3. The highest BCUT2D eigenvalue weighted by Gasteiger charge is 2.57. The molecule has 0 radical (unpaired) electrons. The third-order valence-corrected chi connectivity index (χ3v) is 4.97. The third kappa shape index (κ3) is 2.31. The molecule has 1 aromatic carbocycles. The zero-order chi connectivity index (χ0) is 18.2. The van der Waals surface area contributed by atoms with Crippen molar-refractivity contribution in [2.24, 2.45) is 17.3 Å². The van der Waals surface area contributed by atoms with Crippen LogP contribution in [-0.2, 0) is 0 Å². The monoisotopic (exact) mass is 337 g/mol. The summed E-state index contributed by atoms with van der Waals surface area (Å²) in [5.41, 5.74) is -1.72. The molecule has 1 aliphatic heterocycles. The van der Waals surface area contributed by atoms with Gasteiger partial charge in [-0.3, -0.25) is 0 Å². The van der Waals surface area contributed by atoms with Crippen LogP contribution in [0.3, 0.4) is 0 Å². The van der Waals surface area contributed by atoms with Crippen LogP contribution in [-0.4, -0.2) is 18.8 Å². The Hall–Kier alpha value is -3.08. The fourth-order valence-corrected chi connectivity index (χ4v) is 3.83. The van der Waals surface area contributed by atoms with Gasteiger partial charge in [-0.05, 0) is 17.2 Å². The van der Waals surface area contributed by atoms with Crippen molar-refractivity contribution in [1.29, 1.82) is 21.2 Å². The second kappa shape index (κ2) is 6.09. The number of hydrogen-bond acceptors (Lipinski definition) is 5. The Morgan fingerprint density at radius 3 is 2.52 bits per heavy atom. The maximum atomic E-state index is 14.5. The van der Waals surface area contributed by atoms with Gasteiger partial charge >= 0.3 is 0 Å². The lowest BCUT2D eigenvalue weighted by molar-refractivity contribution is 0.324. The fourth-order valence-electron chi connectivity index (χ4n) is 3.83. The number of hydrogen-bond donors (Lipinski definition) is 2. The summed E-state index contributed by atoms with van der Waals surface area (Å²) in [5, 5.41) is 40.4. The van der Waals surface area contributed by atoms with Crippen molar-refractivity contribution in [3.63, 3.8) is 0 Å². The molecular weight excluding hydrogens is 324 g/mol. The van der Waals surface area contributed by atoms with E-state index in [1.807, 2.05) is 18.2 Å². The Kier molecular flexibility index (Phi) is 4.08. The topological polar surface area (TPSA) is 107 Å². The van der Waals surface area contributed by atoms with Crippen LogP contribution in [0.4, 0.5) is 8.78 Å². The Bertz CT molecular complexity index is 886. The van der Waals surface area contributed by atoms with E-state index >= 15 is 0 Å². The first-order valence-electron chi connectivity index (χ1n) is 7.66. The van der Waals surface area contributed by atoms with Crippen molar-refractivity contribution in [3.8, 4) is 18.2 Å². The molecule has 1 heterocycles. The summed E-state index contributed by atoms with van der Waals surface area (Å²) in [6, 6.07) is 8.68. The molecule has 2 aliphatic rings. The fraction of sp³-hybridized carbons (Fsp3) is 0.333. The van der Waals surface area contributed by atoms with Gasteiger partial charge in [0, 0.05) is 31.0 Å². The number of rotatable bonds is 1. The van der Waals surface area contributed by atoms with Gasteiger partial charge in [0.1, 0.15) is 17.6 Å². The number of fused-ring (bicyclic) bond motifs is 1. The van der Waals surface area contributed by atoms with Gasteiger partial charge in [0.05, 0.1) is 23.9 Å². The maximum Gasteiger partial charge on any atom is 0.189 e. The lowest BCUT2D eigenvalue weighted by Crippen LogP contribution is -2.52. The Labute approximate surface area is 143 Å². The zero-order valence-corrected chi connectivity index (χ0v) is 13.1. The molecule has 1 aromatic rings. The van der Waals surface area contributed by atoms with Gasteiger partial charge in [-0.2, -0.15) is 15.8 Å². The van der Waals surface area contributed by atoms with E-state index in [4.69, 9.17) is 5.41 Å². The second-order valence-corrected chi connectivity index (χ2v) is 6.12. The van der Waals surface area contributed by atoms with Crippen molar-refractivity contribution in [2.45, 2.75) is 5.92 Å². The molecule has 0 spiro atoms. The molecule has 7 heteroatoms. The van der Waals surface area contributed by atoms with Gasteiger partial charge in [0.15, 0.2) is 5.41 Å². The molecule has 5 nitrogen and oxygen atoms in total. The molecule has 3 rings (SSSR count). The van der Waals surface area contributed by atoms with Gasteiger partial charge < -0.3 is 10.7 Å². The van der Waals surface area contributed by atoms with Crippen LogP contribution >= 0.6 is 0 Å². The van der Waals surface area contributed by atoms with E-state index in [2.05, 4.69) is 5.32 Å². The summed E-state index contributed by atoms with van der Waals surface area (Å²) in [4.78, 5) is 0. The first kappa shape index (κ1) is 16.8. The number of nitrogens with one attached hydrogen (secondary N) is 2. The number of nitriles is 3. The molecule has 124 valence electrons. The van der Waals surface area contributed by atoms with Crippen LogP contribution < -0.4 is 5.32 Å². The summed E-state index contributed by atoms with van der Waals surface area (Å²) < 4.78 is 27.8. The average molecular weight is 337 g/mol. The zero-order valence-electron chi connectivity index (χ0n) is 13.1. The van der Waals surface area contributed by atoms with Crippen molar-refractivity contribution >= 4 is 5.71 Å². The highest BCUT2D eigenvalue weighted by molar-refractivity contribution is 6.00. The van der Waals surface area contributed by atoms with Crippen molar-refractivity contribution in [1.82, 2.24) is 5.32 Å². The molecule has 1 aliphatic carbocycles. The molecule has 25 heavy (non-hydrogen) atoms. The normalized spacial score (nSPS) is 27.2. The van der Waals surface area contributed by atoms with E-state index in [0.717, 1.165) is 6.07 Å². The molecule has 0 unspecified atom stereocenters. The Balaban J connectivity index is 2.29. The summed E-state index contributed by atoms with van der Waals surface area (Å²) in [7, 11) is 0. The first-order chi connectivity index (χ1) is 12.0. The number of benzene rings is 1. The summed E-state index contributed by atoms with van der Waals surface area (Å²) in [5.74, 6) is -4.13. The van der Waals surface area contributed by atoms with E-state index < -0.39 is 34.8 Å². The summed E-state index contributed by atoms with van der Waals surface area (Å²) in [6.45, 7) is 0.825. The molecule has 1 fully saturated rings. The van der Waals surface area contributed by atoms with Crippen LogP contribution in [0.5, 0.6) is 0 Å². The average Bonchev–Trinajstić information content (AvgIpc) is 2.62. The lowest BCUT2D eigenvalue weighted by atomic mass is 9.54. The van der Waals surface area contributed by atoms with Gasteiger partial charge in [-0.1, -0.05) is 12.1 Å². The molecule has 0 bridgehead atoms. The Morgan fingerprint density at radius 1 is 1.20 bits per heavy atom. The highest BCUT2D eigenvalue weighted by atomic mass is 19.1. The minimum atomic E-state index is -1.99. The summed E-state index contributed by atoms with van der Waals surface area (Å²) in [6.07, 6.45) is 1.75. The standard InChI is InChI=1S/C18H13F2N5/c19-10-1-2-12(15(20)5-10)16-14-7-25-4-3-11(14)13(6-21)17(24)18(16,8-22)9-23/h1-3,5,13-14,16,24-25H,4,7H2/t13-,14-,16+/m1/s1. The van der Waals surface area contributed by atoms with Crippen LogP contribution in [0.2, 0.25) is 0 Å². The molecule has 0 saturated heterocycles. The molecule has 2 N–H and O–H groups in total. The van der Waals surface area contributed by atoms with Crippen molar-refractivity contribution in [3.05, 3.63) is 47.0 Å². The van der Waals surface area contributed by atoms with Gasteiger partial charge in [0.2, 0.25) is 0 Å². The molecule has 1 saturated carbocycles. The van der Waals surface area contributed by atoms with Gasteiger partial charge in [0.25, 0.3) is 0 Å². The largest absolute Gasteiger partial charge is 0.313 e.